The number of benzene rings is 1. The van der Waals surface area contributed by atoms with Crippen molar-refractivity contribution in [1.82, 2.24) is 9.78 Å². The molecule has 9 heteroatoms. The third kappa shape index (κ3) is 2.38. The molecular formula is C13H15ClN4O3S. The molecule has 1 aromatic carbocycles. The molecule has 2 aromatic rings. The van der Waals surface area contributed by atoms with Gasteiger partial charge in [0, 0.05) is 18.4 Å². The first-order valence-corrected chi connectivity index (χ1v) is 8.53. The van der Waals surface area contributed by atoms with Gasteiger partial charge >= 0.3 is 0 Å². The molecule has 1 aromatic heterocycles. The van der Waals surface area contributed by atoms with Gasteiger partial charge in [0.15, 0.2) is 5.15 Å². The summed E-state index contributed by atoms with van der Waals surface area (Å²) in [6, 6.07) is 4.89. The molecule has 0 saturated heterocycles. The highest BCUT2D eigenvalue weighted by atomic mass is 35.5. The average Bonchev–Trinajstić information content (AvgIpc) is 2.88. The van der Waals surface area contributed by atoms with E-state index in [2.05, 4.69) is 5.10 Å². The quantitative estimate of drug-likeness (QED) is 0.858. The van der Waals surface area contributed by atoms with Crippen molar-refractivity contribution in [2.45, 2.75) is 18.4 Å². The molecule has 2 N–H and O–H groups in total. The van der Waals surface area contributed by atoms with Crippen molar-refractivity contribution in [3.63, 3.8) is 0 Å². The smallest absolute Gasteiger partial charge is 0.269 e. The Balaban J connectivity index is 2.11. The molecule has 0 amide bonds. The molecule has 0 unspecified atom stereocenters. The molecule has 0 fully saturated rings. The summed E-state index contributed by atoms with van der Waals surface area (Å²) in [5.41, 5.74) is 6.63. The standard InChI is InChI=1S/C13H15ClN4O3S/c1-2-17-8-12(13(14)16-17)22(19,20)18-5-6-21-11-4-3-9(15)7-10(11)18/h3-4,7-8H,2,5-6,15H2,1H3. The predicted molar refractivity (Wildman–Crippen MR) is 83.8 cm³/mol. The molecule has 0 atom stereocenters. The van der Waals surface area contributed by atoms with Crippen LogP contribution in [0.3, 0.4) is 0 Å². The van der Waals surface area contributed by atoms with Gasteiger partial charge in [-0.2, -0.15) is 5.10 Å². The summed E-state index contributed by atoms with van der Waals surface area (Å²) in [7, 11) is -3.83. The topological polar surface area (TPSA) is 90.5 Å². The van der Waals surface area contributed by atoms with Gasteiger partial charge < -0.3 is 10.5 Å². The summed E-state index contributed by atoms with van der Waals surface area (Å²) >= 11 is 5.99. The second-order valence-electron chi connectivity index (χ2n) is 4.79. The van der Waals surface area contributed by atoms with E-state index >= 15 is 0 Å². The zero-order valence-corrected chi connectivity index (χ0v) is 13.4. The minimum absolute atomic E-state index is 0.0220. The number of sulfonamides is 1. The van der Waals surface area contributed by atoms with Gasteiger partial charge in [0.05, 0.1) is 12.2 Å². The summed E-state index contributed by atoms with van der Waals surface area (Å²) in [6.07, 6.45) is 1.43. The Kier molecular flexibility index (Phi) is 3.65. The van der Waals surface area contributed by atoms with Gasteiger partial charge in [0.1, 0.15) is 17.3 Å². The molecule has 1 aliphatic rings. The molecule has 22 heavy (non-hydrogen) atoms. The average molecular weight is 343 g/mol. The number of aromatic nitrogens is 2. The maximum atomic E-state index is 12.9. The Morgan fingerprint density at radius 3 is 2.91 bits per heavy atom. The Morgan fingerprint density at radius 1 is 1.45 bits per heavy atom. The van der Waals surface area contributed by atoms with Crippen molar-refractivity contribution in [1.29, 1.82) is 0 Å². The molecule has 0 aliphatic carbocycles. The van der Waals surface area contributed by atoms with E-state index in [1.807, 2.05) is 6.92 Å². The zero-order valence-electron chi connectivity index (χ0n) is 11.9. The normalized spacial score (nSPS) is 14.5. The SMILES string of the molecule is CCn1cc(S(=O)(=O)N2CCOc3ccc(N)cc32)c(Cl)n1. The first-order chi connectivity index (χ1) is 10.4. The van der Waals surface area contributed by atoms with Crippen LogP contribution in [0.1, 0.15) is 6.92 Å². The predicted octanol–water partition coefficient (Wildman–Crippen LogP) is 1.73. The van der Waals surface area contributed by atoms with Crippen molar-refractivity contribution in [3.8, 4) is 5.75 Å². The Hall–Kier alpha value is -1.93. The third-order valence-electron chi connectivity index (χ3n) is 3.38. The highest BCUT2D eigenvalue weighted by Crippen LogP contribution is 2.37. The van der Waals surface area contributed by atoms with Crippen molar-refractivity contribution in [2.24, 2.45) is 0 Å². The van der Waals surface area contributed by atoms with Gasteiger partial charge in [0.25, 0.3) is 10.0 Å². The van der Waals surface area contributed by atoms with Crippen molar-refractivity contribution in [3.05, 3.63) is 29.5 Å². The minimum atomic E-state index is -3.83. The van der Waals surface area contributed by atoms with E-state index in [4.69, 9.17) is 22.1 Å². The van der Waals surface area contributed by atoms with Crippen molar-refractivity contribution >= 4 is 33.0 Å². The molecule has 1 aliphatic heterocycles. The first-order valence-electron chi connectivity index (χ1n) is 6.71. The number of halogens is 1. The number of nitrogens with two attached hydrogens (primary N) is 1. The lowest BCUT2D eigenvalue weighted by Gasteiger charge is -2.30. The maximum Gasteiger partial charge on any atom is 0.269 e. The summed E-state index contributed by atoms with van der Waals surface area (Å²) in [5, 5.41) is 3.94. The van der Waals surface area contributed by atoms with Gasteiger partial charge in [0.2, 0.25) is 0 Å². The second kappa shape index (κ2) is 5.36. The van der Waals surface area contributed by atoms with E-state index in [9.17, 15) is 8.42 Å². The highest BCUT2D eigenvalue weighted by Gasteiger charge is 2.33. The van der Waals surface area contributed by atoms with E-state index in [0.717, 1.165) is 0 Å². The van der Waals surface area contributed by atoms with Crippen LogP contribution in [0.15, 0.2) is 29.3 Å². The summed E-state index contributed by atoms with van der Waals surface area (Å²) in [6.45, 7) is 2.83. The summed E-state index contributed by atoms with van der Waals surface area (Å²) < 4.78 is 34.0. The molecule has 3 rings (SSSR count). The van der Waals surface area contributed by atoms with E-state index in [-0.39, 0.29) is 23.2 Å². The van der Waals surface area contributed by atoms with Gasteiger partial charge in [-0.05, 0) is 25.1 Å². The van der Waals surface area contributed by atoms with Crippen LogP contribution in [0.25, 0.3) is 0 Å². The fourth-order valence-corrected chi connectivity index (χ4v) is 4.19. The van der Waals surface area contributed by atoms with Crippen molar-refractivity contribution in [2.75, 3.05) is 23.2 Å². The number of fused-ring (bicyclic) bond motifs is 1. The molecule has 0 saturated carbocycles. The highest BCUT2D eigenvalue weighted by molar-refractivity contribution is 7.93. The number of hydrogen-bond donors (Lipinski definition) is 1. The van der Waals surface area contributed by atoms with Crippen LogP contribution in [0.2, 0.25) is 5.15 Å². The fraction of sp³-hybridized carbons (Fsp3) is 0.308. The molecule has 0 spiro atoms. The number of aryl methyl sites for hydroxylation is 1. The number of nitrogens with zero attached hydrogens (tertiary/aromatic N) is 3. The lowest BCUT2D eigenvalue weighted by atomic mass is 10.2. The largest absolute Gasteiger partial charge is 0.489 e. The van der Waals surface area contributed by atoms with Crippen LogP contribution in [0, 0.1) is 0 Å². The van der Waals surface area contributed by atoms with Crippen LogP contribution in [0.5, 0.6) is 5.75 Å². The number of rotatable bonds is 3. The monoisotopic (exact) mass is 342 g/mol. The zero-order chi connectivity index (χ0) is 15.9. The summed E-state index contributed by atoms with van der Waals surface area (Å²) in [5.74, 6) is 0.475. The van der Waals surface area contributed by atoms with Crippen LogP contribution < -0.4 is 14.8 Å². The van der Waals surface area contributed by atoms with Crippen LogP contribution in [-0.2, 0) is 16.6 Å². The van der Waals surface area contributed by atoms with E-state index in [0.29, 0.717) is 23.7 Å². The van der Waals surface area contributed by atoms with E-state index in [1.165, 1.54) is 15.2 Å². The maximum absolute atomic E-state index is 12.9. The molecule has 0 radical (unpaired) electrons. The van der Waals surface area contributed by atoms with Gasteiger partial charge in [-0.25, -0.2) is 8.42 Å². The Bertz CT molecular complexity index is 819. The van der Waals surface area contributed by atoms with Gasteiger partial charge in [-0.1, -0.05) is 11.6 Å². The van der Waals surface area contributed by atoms with Gasteiger partial charge in [-0.15, -0.1) is 0 Å². The third-order valence-corrected chi connectivity index (χ3v) is 5.59. The van der Waals surface area contributed by atoms with E-state index in [1.54, 1.807) is 18.2 Å². The van der Waals surface area contributed by atoms with E-state index < -0.39 is 10.0 Å². The molecule has 7 nitrogen and oxygen atoms in total. The molecular weight excluding hydrogens is 328 g/mol. The Morgan fingerprint density at radius 2 is 2.23 bits per heavy atom. The van der Waals surface area contributed by atoms with Crippen LogP contribution in [-0.4, -0.2) is 31.3 Å². The van der Waals surface area contributed by atoms with Crippen LogP contribution >= 0.6 is 11.6 Å². The minimum Gasteiger partial charge on any atom is -0.489 e. The second-order valence-corrected chi connectivity index (χ2v) is 6.98. The van der Waals surface area contributed by atoms with Crippen LogP contribution in [0.4, 0.5) is 11.4 Å². The lowest BCUT2D eigenvalue weighted by Crippen LogP contribution is -2.38. The molecule has 0 bridgehead atoms. The fourth-order valence-electron chi connectivity index (χ4n) is 2.29. The van der Waals surface area contributed by atoms with Crippen molar-refractivity contribution < 1.29 is 13.2 Å². The number of anilines is 2. The lowest BCUT2D eigenvalue weighted by molar-refractivity contribution is 0.316. The first kappa shape index (κ1) is 15.0. The Labute approximate surface area is 133 Å². The number of ether oxygens (including phenoxy) is 1. The molecule has 118 valence electrons. The number of nitrogen functional groups attached to an aromatic ring is 1. The summed E-state index contributed by atoms with van der Waals surface area (Å²) in [4.78, 5) is -0.0220. The molecule has 2 heterocycles. The van der Waals surface area contributed by atoms with Gasteiger partial charge in [-0.3, -0.25) is 8.99 Å². The number of hydrogen-bond acceptors (Lipinski definition) is 5.